The van der Waals surface area contributed by atoms with Crippen LogP contribution in [0.4, 0.5) is 0 Å². The summed E-state index contributed by atoms with van der Waals surface area (Å²) in [6, 6.07) is 3.91. The maximum absolute atomic E-state index is 6.16. The zero-order valence-electron chi connectivity index (χ0n) is 9.73. The predicted octanol–water partition coefficient (Wildman–Crippen LogP) is 4.71. The number of halogens is 3. The van der Waals surface area contributed by atoms with E-state index in [1.54, 1.807) is 6.07 Å². The number of benzene rings is 1. The van der Waals surface area contributed by atoms with Crippen molar-refractivity contribution in [3.8, 4) is 12.3 Å². The third kappa shape index (κ3) is 3.79. The Kier molecular flexibility index (Phi) is 5.62. The van der Waals surface area contributed by atoms with Gasteiger partial charge in [-0.05, 0) is 25.5 Å². The molecule has 1 rings (SSSR count). The van der Waals surface area contributed by atoms with E-state index in [9.17, 15) is 0 Å². The first-order valence-electron chi connectivity index (χ1n) is 5.30. The van der Waals surface area contributed by atoms with Gasteiger partial charge in [-0.15, -0.1) is 12.3 Å². The van der Waals surface area contributed by atoms with Gasteiger partial charge in [0.05, 0.1) is 15.1 Å². The van der Waals surface area contributed by atoms with Gasteiger partial charge in [-0.3, -0.25) is 0 Å². The number of rotatable bonds is 4. The van der Waals surface area contributed by atoms with Gasteiger partial charge in [0.15, 0.2) is 0 Å². The van der Waals surface area contributed by atoms with Crippen LogP contribution < -0.4 is 5.32 Å². The van der Waals surface area contributed by atoms with Crippen molar-refractivity contribution in [2.24, 2.45) is 0 Å². The van der Waals surface area contributed by atoms with Gasteiger partial charge < -0.3 is 5.32 Å². The molecular weight excluding hydrogens is 277 g/mol. The highest BCUT2D eigenvalue weighted by Gasteiger charge is 2.15. The molecule has 92 valence electrons. The van der Waals surface area contributed by atoms with Crippen LogP contribution in [0.2, 0.25) is 15.1 Å². The minimum atomic E-state index is 0.0700. The summed E-state index contributed by atoms with van der Waals surface area (Å²) in [5, 5.41) is 4.70. The topological polar surface area (TPSA) is 12.0 Å². The summed E-state index contributed by atoms with van der Waals surface area (Å²) in [6.07, 6.45) is 5.93. The highest BCUT2D eigenvalue weighted by molar-refractivity contribution is 6.48. The van der Waals surface area contributed by atoms with Gasteiger partial charge in [-0.1, -0.05) is 40.9 Å². The van der Waals surface area contributed by atoms with E-state index in [4.69, 9.17) is 41.2 Å². The zero-order chi connectivity index (χ0) is 13.0. The lowest BCUT2D eigenvalue weighted by atomic mass is 10.1. The molecule has 0 saturated carbocycles. The molecule has 1 nitrogen and oxygen atoms in total. The van der Waals surface area contributed by atoms with Crippen LogP contribution in [-0.2, 0) is 0 Å². The normalized spacial score (nSPS) is 14.1. The van der Waals surface area contributed by atoms with Gasteiger partial charge in [0.2, 0.25) is 0 Å². The summed E-state index contributed by atoms with van der Waals surface area (Å²) in [7, 11) is 0. The minimum Gasteiger partial charge on any atom is -0.307 e. The molecule has 0 amide bonds. The fourth-order valence-corrected chi connectivity index (χ4v) is 2.33. The van der Waals surface area contributed by atoms with Crippen molar-refractivity contribution in [1.82, 2.24) is 5.32 Å². The lowest BCUT2D eigenvalue weighted by Gasteiger charge is -2.20. The molecule has 2 atom stereocenters. The SMILES string of the molecule is C#CCC(C)NC(C)c1ccc(Cl)c(Cl)c1Cl. The first kappa shape index (κ1) is 14.7. The van der Waals surface area contributed by atoms with Crippen LogP contribution in [0.3, 0.4) is 0 Å². The summed E-state index contributed by atoms with van der Waals surface area (Å²) < 4.78 is 0. The minimum absolute atomic E-state index is 0.0700. The van der Waals surface area contributed by atoms with Crippen molar-refractivity contribution in [2.45, 2.75) is 32.4 Å². The van der Waals surface area contributed by atoms with Crippen LogP contribution >= 0.6 is 34.8 Å². The Hall–Kier alpha value is -0.390. The van der Waals surface area contributed by atoms with E-state index in [2.05, 4.69) is 11.2 Å². The Morgan fingerprint density at radius 2 is 1.88 bits per heavy atom. The average molecular weight is 291 g/mol. The second kappa shape index (κ2) is 6.52. The zero-order valence-corrected chi connectivity index (χ0v) is 12.0. The Morgan fingerprint density at radius 1 is 1.24 bits per heavy atom. The molecule has 0 bridgehead atoms. The van der Waals surface area contributed by atoms with Crippen LogP contribution in [0, 0.1) is 12.3 Å². The molecule has 0 radical (unpaired) electrons. The van der Waals surface area contributed by atoms with Crippen LogP contribution in [-0.4, -0.2) is 6.04 Å². The van der Waals surface area contributed by atoms with E-state index >= 15 is 0 Å². The number of nitrogens with one attached hydrogen (secondary N) is 1. The molecule has 0 aliphatic heterocycles. The Morgan fingerprint density at radius 3 is 2.47 bits per heavy atom. The molecule has 0 heterocycles. The molecule has 17 heavy (non-hydrogen) atoms. The van der Waals surface area contributed by atoms with Crippen LogP contribution in [0.25, 0.3) is 0 Å². The second-order valence-corrected chi connectivity index (χ2v) is 5.13. The monoisotopic (exact) mass is 289 g/mol. The van der Waals surface area contributed by atoms with E-state index in [-0.39, 0.29) is 12.1 Å². The summed E-state index contributed by atoms with van der Waals surface area (Å²) in [5.74, 6) is 2.62. The fourth-order valence-electron chi connectivity index (χ4n) is 1.63. The first-order valence-corrected chi connectivity index (χ1v) is 6.43. The Balaban J connectivity index is 2.87. The van der Waals surface area contributed by atoms with Crippen molar-refractivity contribution < 1.29 is 0 Å². The highest BCUT2D eigenvalue weighted by Crippen LogP contribution is 2.35. The molecule has 0 saturated heterocycles. The van der Waals surface area contributed by atoms with Gasteiger partial charge in [-0.2, -0.15) is 0 Å². The van der Waals surface area contributed by atoms with E-state index < -0.39 is 0 Å². The summed E-state index contributed by atoms with van der Waals surface area (Å²) in [5.41, 5.74) is 0.921. The third-order valence-corrected chi connectivity index (χ3v) is 3.80. The van der Waals surface area contributed by atoms with Gasteiger partial charge in [0.1, 0.15) is 0 Å². The third-order valence-electron chi connectivity index (χ3n) is 2.49. The maximum atomic E-state index is 6.16. The van der Waals surface area contributed by atoms with Crippen LogP contribution in [0.1, 0.15) is 31.9 Å². The summed E-state index contributed by atoms with van der Waals surface area (Å²) in [4.78, 5) is 0. The van der Waals surface area contributed by atoms with Gasteiger partial charge in [-0.25, -0.2) is 0 Å². The van der Waals surface area contributed by atoms with Gasteiger partial charge in [0.25, 0.3) is 0 Å². The lowest BCUT2D eigenvalue weighted by Crippen LogP contribution is -2.28. The fraction of sp³-hybridized carbons (Fsp3) is 0.385. The van der Waals surface area contributed by atoms with Crippen LogP contribution in [0.5, 0.6) is 0 Å². The summed E-state index contributed by atoms with van der Waals surface area (Å²) in [6.45, 7) is 4.04. The molecule has 0 aromatic heterocycles. The van der Waals surface area contributed by atoms with Crippen molar-refractivity contribution in [1.29, 1.82) is 0 Å². The molecule has 4 heteroatoms. The second-order valence-electron chi connectivity index (χ2n) is 3.96. The predicted molar refractivity (Wildman–Crippen MR) is 75.9 cm³/mol. The van der Waals surface area contributed by atoms with Gasteiger partial charge in [0, 0.05) is 18.5 Å². The lowest BCUT2D eigenvalue weighted by molar-refractivity contribution is 0.486. The van der Waals surface area contributed by atoms with E-state index in [1.165, 1.54) is 0 Å². The van der Waals surface area contributed by atoms with Crippen molar-refractivity contribution >= 4 is 34.8 Å². The molecule has 1 N–H and O–H groups in total. The smallest absolute Gasteiger partial charge is 0.0781 e. The molecule has 0 spiro atoms. The average Bonchev–Trinajstić information content (AvgIpc) is 2.26. The largest absolute Gasteiger partial charge is 0.307 e. The van der Waals surface area contributed by atoms with Crippen molar-refractivity contribution in [2.75, 3.05) is 0 Å². The molecular formula is C13H14Cl3N. The van der Waals surface area contributed by atoms with E-state index in [1.807, 2.05) is 19.9 Å². The van der Waals surface area contributed by atoms with Crippen molar-refractivity contribution in [3.05, 3.63) is 32.8 Å². The molecule has 0 aliphatic rings. The molecule has 2 unspecified atom stereocenters. The standard InChI is InChI=1S/C13H14Cl3N/c1-4-5-8(2)17-9(3)10-6-7-11(14)13(16)12(10)15/h1,6-9,17H,5H2,2-3H3. The molecule has 1 aromatic rings. The first-order chi connectivity index (χ1) is 7.97. The Bertz CT molecular complexity index is 437. The summed E-state index contributed by atoms with van der Waals surface area (Å²) >= 11 is 18.0. The highest BCUT2D eigenvalue weighted by atomic mass is 35.5. The quantitative estimate of drug-likeness (QED) is 0.625. The maximum Gasteiger partial charge on any atom is 0.0781 e. The van der Waals surface area contributed by atoms with Crippen LogP contribution in [0.15, 0.2) is 12.1 Å². The molecule has 0 fully saturated rings. The molecule has 1 aromatic carbocycles. The van der Waals surface area contributed by atoms with E-state index in [0.29, 0.717) is 21.5 Å². The molecule has 0 aliphatic carbocycles. The number of hydrogen-bond donors (Lipinski definition) is 1. The number of hydrogen-bond acceptors (Lipinski definition) is 1. The Labute approximate surface area is 117 Å². The van der Waals surface area contributed by atoms with Gasteiger partial charge >= 0.3 is 0 Å². The number of terminal acetylenes is 1. The van der Waals surface area contributed by atoms with Crippen molar-refractivity contribution in [3.63, 3.8) is 0 Å². The van der Waals surface area contributed by atoms with E-state index in [0.717, 1.165) is 5.56 Å².